The summed E-state index contributed by atoms with van der Waals surface area (Å²) in [6, 6.07) is 6.20. The number of carboxylic acids is 1. The van der Waals surface area contributed by atoms with Crippen LogP contribution in [-0.2, 0) is 11.3 Å². The monoisotopic (exact) mass is 405 g/mol. The van der Waals surface area contributed by atoms with Crippen LogP contribution in [0.25, 0.3) is 0 Å². The van der Waals surface area contributed by atoms with Crippen molar-refractivity contribution in [2.75, 3.05) is 5.01 Å². The first-order valence-corrected chi connectivity index (χ1v) is 8.51. The lowest BCUT2D eigenvalue weighted by molar-refractivity contribution is -0.389. The molecule has 2 aliphatic rings. The van der Waals surface area contributed by atoms with Gasteiger partial charge in [0.1, 0.15) is 6.10 Å². The van der Waals surface area contributed by atoms with E-state index in [4.69, 9.17) is 9.84 Å². The molecule has 4 rings (SSSR count). The van der Waals surface area contributed by atoms with Gasteiger partial charge in [-0.15, -0.1) is 0 Å². The average molecular weight is 406 g/mol. The Morgan fingerprint density at radius 3 is 2.61 bits per heavy atom. The highest BCUT2D eigenvalue weighted by molar-refractivity contribution is 5.88. The number of aliphatic hydroxyl groups is 1. The van der Waals surface area contributed by atoms with E-state index in [2.05, 4.69) is 10.4 Å². The number of aromatic hydroxyl groups is 1. The van der Waals surface area contributed by atoms with E-state index in [1.54, 1.807) is 25.3 Å². The molecule has 0 saturated heterocycles. The number of aliphatic hydroxyl groups excluding tert-OH is 1. The Morgan fingerprint density at radius 1 is 1.29 bits per heavy atom. The molecule has 0 fully saturated rings. The van der Waals surface area contributed by atoms with Gasteiger partial charge in [0.15, 0.2) is 18.2 Å². The van der Waals surface area contributed by atoms with Crippen LogP contribution in [0.5, 0.6) is 5.75 Å². The van der Waals surface area contributed by atoms with Crippen molar-refractivity contribution >= 4 is 11.7 Å². The van der Waals surface area contributed by atoms with E-state index in [0.717, 1.165) is 5.56 Å². The van der Waals surface area contributed by atoms with Crippen LogP contribution in [0.4, 0.5) is 5.69 Å². The molecule has 0 radical (unpaired) electrons. The third-order valence-corrected chi connectivity index (χ3v) is 5.01. The van der Waals surface area contributed by atoms with Gasteiger partial charge in [-0.2, -0.15) is 0 Å². The predicted octanol–water partition coefficient (Wildman–Crippen LogP) is -1.59. The molecule has 0 amide bonds. The number of carboxylic acid groups (broad SMARTS) is 1. The van der Waals surface area contributed by atoms with E-state index in [9.17, 15) is 15.0 Å². The van der Waals surface area contributed by atoms with Crippen LogP contribution in [0.2, 0.25) is 0 Å². The van der Waals surface area contributed by atoms with E-state index in [1.165, 1.54) is 17.1 Å². The number of pyridine rings is 1. The molecule has 2 aromatic rings. The van der Waals surface area contributed by atoms with Gasteiger partial charge in [0, 0.05) is 23.8 Å². The second-order valence-electron chi connectivity index (χ2n) is 6.68. The number of H-pyrrole nitrogens is 1. The molecule has 0 spiro atoms. The predicted molar refractivity (Wildman–Crippen MR) is 94.7 cm³/mol. The van der Waals surface area contributed by atoms with Crippen molar-refractivity contribution in [3.05, 3.63) is 64.1 Å². The summed E-state index contributed by atoms with van der Waals surface area (Å²) in [7, 11) is 0. The Balaban J connectivity index is 0.00000225. The molecule has 1 aromatic carbocycles. The third-order valence-electron chi connectivity index (χ3n) is 5.01. The molecule has 2 unspecified atom stereocenters. The van der Waals surface area contributed by atoms with Gasteiger partial charge in [0.25, 0.3) is 0 Å². The zero-order valence-electron chi connectivity index (χ0n) is 15.2. The number of aromatic amines is 1. The molecule has 1 aromatic heterocycles. The van der Waals surface area contributed by atoms with Crippen LogP contribution >= 0.6 is 0 Å². The number of halogens is 1. The third kappa shape index (κ3) is 3.05. The number of aromatic nitrogens is 1. The number of hydrogen-bond acceptors (Lipinski definition) is 6. The molecule has 28 heavy (non-hydrogen) atoms. The molecule has 3 heterocycles. The lowest BCUT2D eigenvalue weighted by Gasteiger charge is -2.26. The summed E-state index contributed by atoms with van der Waals surface area (Å²) >= 11 is 0. The number of allylic oxidation sites excluding steroid dienone is 1. The van der Waals surface area contributed by atoms with Crippen molar-refractivity contribution in [1.82, 2.24) is 5.43 Å². The minimum absolute atomic E-state index is 0. The van der Waals surface area contributed by atoms with Crippen molar-refractivity contribution in [1.29, 1.82) is 0 Å². The number of aryl methyl sites for hydroxylation is 1. The van der Waals surface area contributed by atoms with Crippen LogP contribution in [-0.4, -0.2) is 27.5 Å². The van der Waals surface area contributed by atoms with Crippen molar-refractivity contribution in [3.63, 3.8) is 0 Å². The standard InChI is InChI=1S/C19H19N3O5.ClH/c1-9-14(17-15-12(8-27-17)7-20-10(2)16(15)23)18(24)22(21-9)13-5-3-11(4-6-13)19(25)26;/h3-7,17-18,21,23-24H,8H2,1-2H3,(H,25,26);1H. The molecule has 0 saturated carbocycles. The maximum absolute atomic E-state index is 11.0. The average Bonchev–Trinajstić information content (AvgIpc) is 3.19. The highest BCUT2D eigenvalue weighted by atomic mass is 35.5. The minimum Gasteiger partial charge on any atom is -1.00 e. The Bertz CT molecular complexity index is 961. The zero-order valence-corrected chi connectivity index (χ0v) is 16.0. The molecule has 5 N–H and O–H groups in total. The van der Waals surface area contributed by atoms with Gasteiger partial charge in [-0.25, -0.2) is 9.78 Å². The molecule has 0 aliphatic carbocycles. The molecule has 9 heteroatoms. The maximum Gasteiger partial charge on any atom is 0.335 e. The number of nitrogens with one attached hydrogen (secondary N) is 2. The smallest absolute Gasteiger partial charge is 0.335 e. The van der Waals surface area contributed by atoms with Crippen LogP contribution in [0, 0.1) is 6.92 Å². The number of benzene rings is 1. The van der Waals surface area contributed by atoms with Crippen molar-refractivity contribution in [3.8, 4) is 5.75 Å². The van der Waals surface area contributed by atoms with E-state index in [1.807, 2.05) is 6.92 Å². The number of hydrogen-bond donors (Lipinski definition) is 4. The SMILES string of the molecule is CC1=C(C2OCc3c[nH+]c(C)c(O)c32)C(O)N(c2ccc(C(=O)O)cc2)N1.[Cl-]. The van der Waals surface area contributed by atoms with E-state index < -0.39 is 18.3 Å². The number of anilines is 1. The van der Waals surface area contributed by atoms with Crippen LogP contribution in [0.3, 0.4) is 0 Å². The molecular weight excluding hydrogens is 386 g/mol. The summed E-state index contributed by atoms with van der Waals surface area (Å²) in [5.74, 6) is -0.878. The number of ether oxygens (including phenoxy) is 1. The first-order chi connectivity index (χ1) is 12.9. The maximum atomic E-state index is 11.0. The van der Waals surface area contributed by atoms with Gasteiger partial charge >= 0.3 is 5.97 Å². The highest BCUT2D eigenvalue weighted by Gasteiger charge is 2.41. The Labute approximate surface area is 167 Å². The first kappa shape index (κ1) is 19.9. The molecule has 0 bridgehead atoms. The zero-order chi connectivity index (χ0) is 19.3. The molecular formula is C19H20ClN3O5. The van der Waals surface area contributed by atoms with Gasteiger partial charge in [0.2, 0.25) is 5.69 Å². The molecule has 2 atom stereocenters. The van der Waals surface area contributed by atoms with Crippen molar-refractivity contribution in [2.45, 2.75) is 32.8 Å². The Morgan fingerprint density at radius 2 is 1.96 bits per heavy atom. The summed E-state index contributed by atoms with van der Waals surface area (Å²) in [6.07, 6.45) is 0.205. The second kappa shape index (κ2) is 7.31. The summed E-state index contributed by atoms with van der Waals surface area (Å²) in [6.45, 7) is 3.93. The highest BCUT2D eigenvalue weighted by Crippen LogP contribution is 2.45. The summed E-state index contributed by atoms with van der Waals surface area (Å²) < 4.78 is 5.88. The first-order valence-electron chi connectivity index (χ1n) is 8.51. The number of carbonyl (C=O) groups is 1. The fourth-order valence-electron chi connectivity index (χ4n) is 3.55. The number of nitrogens with zero attached hydrogens (tertiary/aromatic N) is 1. The topological polar surface area (TPSA) is 116 Å². The van der Waals surface area contributed by atoms with Gasteiger partial charge < -0.3 is 32.5 Å². The van der Waals surface area contributed by atoms with Gasteiger partial charge in [0.05, 0.1) is 23.4 Å². The summed E-state index contributed by atoms with van der Waals surface area (Å²) in [5.41, 5.74) is 7.34. The minimum atomic E-state index is -1.03. The fraction of sp³-hybridized carbons (Fsp3) is 0.263. The number of hydrazine groups is 1. The van der Waals surface area contributed by atoms with E-state index >= 15 is 0 Å². The van der Waals surface area contributed by atoms with E-state index in [-0.39, 0.29) is 23.7 Å². The number of rotatable bonds is 3. The fourth-order valence-corrected chi connectivity index (χ4v) is 3.55. The van der Waals surface area contributed by atoms with Crippen molar-refractivity contribution in [2.24, 2.45) is 0 Å². The lowest BCUT2D eigenvalue weighted by Crippen LogP contribution is -3.00. The molecule has 148 valence electrons. The van der Waals surface area contributed by atoms with Crippen LogP contribution < -0.4 is 27.8 Å². The van der Waals surface area contributed by atoms with Crippen LogP contribution in [0.1, 0.15) is 40.2 Å². The van der Waals surface area contributed by atoms with Crippen LogP contribution in [0.15, 0.2) is 41.7 Å². The summed E-state index contributed by atoms with van der Waals surface area (Å²) in [5, 5.41) is 32.0. The number of aromatic carboxylic acids is 1. The van der Waals surface area contributed by atoms with Gasteiger partial charge in [-0.3, -0.25) is 10.4 Å². The Hall–Kier alpha value is -2.81. The quantitative estimate of drug-likeness (QED) is 0.486. The lowest BCUT2D eigenvalue weighted by atomic mass is 9.97. The second-order valence-corrected chi connectivity index (χ2v) is 6.68. The Kier molecular flexibility index (Phi) is 5.20. The largest absolute Gasteiger partial charge is 1.00 e. The van der Waals surface area contributed by atoms with Gasteiger partial charge in [-0.1, -0.05) is 0 Å². The molecule has 2 aliphatic heterocycles. The van der Waals surface area contributed by atoms with E-state index in [0.29, 0.717) is 34.8 Å². The van der Waals surface area contributed by atoms with Gasteiger partial charge in [-0.05, 0) is 31.2 Å². The van der Waals surface area contributed by atoms with Crippen molar-refractivity contribution < 1.29 is 42.2 Å². The number of fused-ring (bicyclic) bond motifs is 1. The normalized spacial score (nSPS) is 20.6. The summed E-state index contributed by atoms with van der Waals surface area (Å²) in [4.78, 5) is 14.0. The molecule has 8 nitrogen and oxygen atoms in total.